The third-order valence-corrected chi connectivity index (χ3v) is 5.33. The molecule has 0 aliphatic carbocycles. The summed E-state index contributed by atoms with van der Waals surface area (Å²) in [4.78, 5) is 0.185. The Kier molecular flexibility index (Phi) is 6.27. The Bertz CT molecular complexity index is 580. The van der Waals surface area contributed by atoms with Crippen LogP contribution < -0.4 is 15.2 Å². The number of ether oxygens (including phenoxy) is 2. The fourth-order valence-corrected chi connectivity index (χ4v) is 3.24. The maximum atomic E-state index is 12.5. The van der Waals surface area contributed by atoms with Gasteiger partial charge in [0.05, 0.1) is 18.1 Å². The summed E-state index contributed by atoms with van der Waals surface area (Å²) in [6.07, 6.45) is 0.779. The molecule has 21 heavy (non-hydrogen) atoms. The molecule has 120 valence electrons. The molecule has 1 aliphatic rings. The predicted molar refractivity (Wildman–Crippen MR) is 82.8 cm³/mol. The quantitative estimate of drug-likeness (QED) is 0.894. The third-order valence-electron chi connectivity index (χ3n) is 3.36. The molecule has 0 spiro atoms. The number of hydrogen-bond donors (Lipinski definition) is 1. The molecule has 0 bridgehead atoms. The number of sulfonamides is 1. The minimum atomic E-state index is -3.58. The highest BCUT2D eigenvalue weighted by Crippen LogP contribution is 2.32. The zero-order chi connectivity index (χ0) is 14.8. The van der Waals surface area contributed by atoms with Crippen LogP contribution in [0.4, 0.5) is 0 Å². The van der Waals surface area contributed by atoms with Crippen LogP contribution in [0.1, 0.15) is 13.3 Å². The molecular weight excluding hydrogens is 316 g/mol. The van der Waals surface area contributed by atoms with Crippen molar-refractivity contribution in [1.82, 2.24) is 4.31 Å². The number of hydrogen-bond acceptors (Lipinski definition) is 5. The molecule has 0 saturated carbocycles. The van der Waals surface area contributed by atoms with Gasteiger partial charge in [0.25, 0.3) is 0 Å². The number of rotatable bonds is 4. The monoisotopic (exact) mass is 336 g/mol. The van der Waals surface area contributed by atoms with Crippen LogP contribution >= 0.6 is 12.4 Å². The first kappa shape index (κ1) is 18.0. The molecule has 0 aromatic heterocycles. The van der Waals surface area contributed by atoms with E-state index in [9.17, 15) is 8.42 Å². The molecule has 1 unspecified atom stereocenters. The summed E-state index contributed by atoms with van der Waals surface area (Å²) in [6.45, 7) is 3.12. The fraction of sp³-hybridized carbons (Fsp3) is 0.538. The van der Waals surface area contributed by atoms with Crippen molar-refractivity contribution in [1.29, 1.82) is 0 Å². The zero-order valence-corrected chi connectivity index (χ0v) is 13.7. The average Bonchev–Trinajstić information content (AvgIpc) is 2.69. The second-order valence-corrected chi connectivity index (χ2v) is 6.76. The summed E-state index contributed by atoms with van der Waals surface area (Å²) in [7, 11) is -2.05. The Balaban J connectivity index is 0.00000220. The summed E-state index contributed by atoms with van der Waals surface area (Å²) < 4.78 is 37.2. The molecule has 1 atom stereocenters. The van der Waals surface area contributed by atoms with E-state index in [1.165, 1.54) is 23.5 Å². The summed E-state index contributed by atoms with van der Waals surface area (Å²) in [5, 5.41) is 0. The lowest BCUT2D eigenvalue weighted by atomic mass is 10.3. The summed E-state index contributed by atoms with van der Waals surface area (Å²) in [5.41, 5.74) is 5.53. The van der Waals surface area contributed by atoms with Gasteiger partial charge in [0.15, 0.2) is 11.5 Å². The van der Waals surface area contributed by atoms with Crippen LogP contribution in [0.5, 0.6) is 11.5 Å². The van der Waals surface area contributed by atoms with Crippen LogP contribution in [0.3, 0.4) is 0 Å². The predicted octanol–water partition coefficient (Wildman–Crippen LogP) is 1.24. The fourth-order valence-electron chi connectivity index (χ4n) is 1.86. The maximum absolute atomic E-state index is 12.5. The standard InChI is InChI=1S/C13H20N2O4S.ClH/c1-10(9-14)15(2)20(16,17)11-4-5-12-13(8-11)19-7-3-6-18-12;/h4-5,8,10H,3,6-7,9,14H2,1-2H3;1H. The van der Waals surface area contributed by atoms with Gasteiger partial charge in [-0.2, -0.15) is 4.31 Å². The van der Waals surface area contributed by atoms with Crippen molar-refractivity contribution in [2.45, 2.75) is 24.3 Å². The Hall–Kier alpha value is -1.02. The van der Waals surface area contributed by atoms with Gasteiger partial charge < -0.3 is 15.2 Å². The SMILES string of the molecule is CC(CN)N(C)S(=O)(=O)c1ccc2c(c1)OCCCO2.Cl. The molecule has 6 nitrogen and oxygen atoms in total. The molecule has 0 saturated heterocycles. The van der Waals surface area contributed by atoms with E-state index in [1.54, 1.807) is 13.0 Å². The molecule has 8 heteroatoms. The lowest BCUT2D eigenvalue weighted by Gasteiger charge is -2.23. The van der Waals surface area contributed by atoms with Crippen molar-refractivity contribution in [3.63, 3.8) is 0 Å². The molecule has 2 rings (SSSR count). The Morgan fingerprint density at radius 2 is 1.90 bits per heavy atom. The molecule has 2 N–H and O–H groups in total. The zero-order valence-electron chi connectivity index (χ0n) is 12.1. The third kappa shape index (κ3) is 3.79. The average molecular weight is 337 g/mol. The molecule has 0 radical (unpaired) electrons. The van der Waals surface area contributed by atoms with Crippen LogP contribution in [0.2, 0.25) is 0 Å². The molecule has 1 aromatic carbocycles. The number of benzene rings is 1. The van der Waals surface area contributed by atoms with Gasteiger partial charge in [0.1, 0.15) is 0 Å². The van der Waals surface area contributed by atoms with Crippen LogP contribution in [-0.2, 0) is 10.0 Å². The van der Waals surface area contributed by atoms with Gasteiger partial charge in [-0.3, -0.25) is 0 Å². The number of nitrogens with two attached hydrogens (primary N) is 1. The number of nitrogens with zero attached hydrogens (tertiary/aromatic N) is 1. The summed E-state index contributed by atoms with van der Waals surface area (Å²) in [5.74, 6) is 1.05. The minimum Gasteiger partial charge on any atom is -0.490 e. The first-order valence-corrected chi connectivity index (χ1v) is 7.98. The Morgan fingerprint density at radius 1 is 1.29 bits per heavy atom. The van der Waals surface area contributed by atoms with E-state index in [4.69, 9.17) is 15.2 Å². The highest BCUT2D eigenvalue weighted by atomic mass is 35.5. The van der Waals surface area contributed by atoms with Crippen LogP contribution in [0.25, 0.3) is 0 Å². The van der Waals surface area contributed by atoms with E-state index < -0.39 is 10.0 Å². The first-order valence-electron chi connectivity index (χ1n) is 6.54. The van der Waals surface area contributed by atoms with Crippen LogP contribution in [0.15, 0.2) is 23.1 Å². The molecule has 0 amide bonds. The van der Waals surface area contributed by atoms with Crippen molar-refractivity contribution in [3.8, 4) is 11.5 Å². The van der Waals surface area contributed by atoms with Gasteiger partial charge in [0, 0.05) is 32.1 Å². The summed E-state index contributed by atoms with van der Waals surface area (Å²) in [6, 6.07) is 4.41. The highest BCUT2D eigenvalue weighted by molar-refractivity contribution is 7.89. The van der Waals surface area contributed by atoms with Crippen LogP contribution in [0, 0.1) is 0 Å². The molecule has 0 fully saturated rings. The van der Waals surface area contributed by atoms with Crippen molar-refractivity contribution >= 4 is 22.4 Å². The van der Waals surface area contributed by atoms with Gasteiger partial charge in [-0.15, -0.1) is 12.4 Å². The highest BCUT2D eigenvalue weighted by Gasteiger charge is 2.26. The lowest BCUT2D eigenvalue weighted by molar-refractivity contribution is 0.296. The van der Waals surface area contributed by atoms with Crippen molar-refractivity contribution in [2.24, 2.45) is 5.73 Å². The number of halogens is 1. The van der Waals surface area contributed by atoms with Gasteiger partial charge in [-0.05, 0) is 19.1 Å². The first-order chi connectivity index (χ1) is 9.46. The normalized spacial score (nSPS) is 16.0. The van der Waals surface area contributed by atoms with Gasteiger partial charge >= 0.3 is 0 Å². The van der Waals surface area contributed by atoms with Crippen molar-refractivity contribution < 1.29 is 17.9 Å². The lowest BCUT2D eigenvalue weighted by Crippen LogP contribution is -2.39. The van der Waals surface area contributed by atoms with Crippen molar-refractivity contribution in [2.75, 3.05) is 26.8 Å². The van der Waals surface area contributed by atoms with E-state index in [2.05, 4.69) is 0 Å². The second-order valence-electron chi connectivity index (χ2n) is 4.76. The van der Waals surface area contributed by atoms with E-state index in [1.807, 2.05) is 0 Å². The Morgan fingerprint density at radius 3 is 2.52 bits per heavy atom. The number of fused-ring (bicyclic) bond motifs is 1. The van der Waals surface area contributed by atoms with Gasteiger partial charge in [-0.25, -0.2) is 8.42 Å². The van der Waals surface area contributed by atoms with Gasteiger partial charge in [-0.1, -0.05) is 0 Å². The van der Waals surface area contributed by atoms with E-state index >= 15 is 0 Å². The van der Waals surface area contributed by atoms with Crippen molar-refractivity contribution in [3.05, 3.63) is 18.2 Å². The van der Waals surface area contributed by atoms with Crippen LogP contribution in [-0.4, -0.2) is 45.6 Å². The van der Waals surface area contributed by atoms with E-state index in [0.717, 1.165) is 6.42 Å². The smallest absolute Gasteiger partial charge is 0.243 e. The molecule has 1 aromatic rings. The topological polar surface area (TPSA) is 81.9 Å². The summed E-state index contributed by atoms with van der Waals surface area (Å²) >= 11 is 0. The van der Waals surface area contributed by atoms with E-state index in [-0.39, 0.29) is 29.9 Å². The molecule has 1 aliphatic heterocycles. The molecular formula is C13H21ClN2O4S. The number of likely N-dealkylation sites (N-methyl/N-ethyl adjacent to an activating group) is 1. The largest absolute Gasteiger partial charge is 0.490 e. The van der Waals surface area contributed by atoms with E-state index in [0.29, 0.717) is 24.7 Å². The molecule has 1 heterocycles. The minimum absolute atomic E-state index is 0. The van der Waals surface area contributed by atoms with Gasteiger partial charge in [0.2, 0.25) is 10.0 Å². The second kappa shape index (κ2) is 7.31. The maximum Gasteiger partial charge on any atom is 0.243 e. The Labute approximate surface area is 131 Å².